The minimum absolute atomic E-state index is 0.291. The minimum atomic E-state index is -4.40. The molecule has 3 aromatic rings. The Labute approximate surface area is 152 Å². The van der Waals surface area contributed by atoms with Crippen molar-refractivity contribution in [3.63, 3.8) is 0 Å². The van der Waals surface area contributed by atoms with Crippen LogP contribution in [0.15, 0.2) is 36.5 Å². The number of nitrogens with one attached hydrogen (secondary N) is 2. The molecule has 142 valence electrons. The van der Waals surface area contributed by atoms with E-state index in [9.17, 15) is 18.0 Å². The van der Waals surface area contributed by atoms with Gasteiger partial charge in [0.2, 0.25) is 0 Å². The van der Waals surface area contributed by atoms with Crippen LogP contribution in [-0.4, -0.2) is 41.1 Å². The Bertz CT molecular complexity index is 936. The molecule has 3 rings (SSSR count). The summed E-state index contributed by atoms with van der Waals surface area (Å²) in [6.07, 6.45) is -2.26. The van der Waals surface area contributed by atoms with Crippen molar-refractivity contribution in [2.75, 3.05) is 20.3 Å². The standard InChI is InChI=1S/C18H17F3N4O2/c1-27-10-2-8-23-17(26)13-7-9-22-16-14(13)24-15(25-16)11-3-5-12(6-4-11)18(19,20)21/h3-7,9H,2,8,10H2,1H3,(H,23,26)(H,22,24,25). The summed E-state index contributed by atoms with van der Waals surface area (Å²) in [5, 5.41) is 2.78. The number of aromatic nitrogens is 3. The molecule has 0 saturated heterocycles. The molecule has 0 radical (unpaired) electrons. The molecule has 0 spiro atoms. The van der Waals surface area contributed by atoms with Gasteiger partial charge in [0, 0.05) is 32.0 Å². The number of carbonyl (C=O) groups is 1. The van der Waals surface area contributed by atoms with Crippen LogP contribution in [0.5, 0.6) is 0 Å². The first-order valence-electron chi connectivity index (χ1n) is 8.19. The maximum Gasteiger partial charge on any atom is 0.416 e. The number of benzene rings is 1. The number of pyridine rings is 1. The van der Waals surface area contributed by atoms with E-state index in [2.05, 4.69) is 20.3 Å². The number of methoxy groups -OCH3 is 1. The van der Waals surface area contributed by atoms with E-state index in [0.717, 1.165) is 12.1 Å². The molecule has 1 amide bonds. The van der Waals surface area contributed by atoms with E-state index in [1.54, 1.807) is 13.2 Å². The van der Waals surface area contributed by atoms with E-state index in [1.165, 1.54) is 18.3 Å². The molecule has 9 heteroatoms. The van der Waals surface area contributed by atoms with Crippen molar-refractivity contribution >= 4 is 17.1 Å². The minimum Gasteiger partial charge on any atom is -0.385 e. The molecule has 0 aliphatic carbocycles. The Kier molecular flexibility index (Phi) is 5.41. The van der Waals surface area contributed by atoms with Crippen LogP contribution in [-0.2, 0) is 10.9 Å². The quantitative estimate of drug-likeness (QED) is 0.644. The third-order valence-electron chi connectivity index (χ3n) is 3.93. The number of hydrogen-bond donors (Lipinski definition) is 2. The zero-order valence-corrected chi connectivity index (χ0v) is 14.4. The van der Waals surface area contributed by atoms with E-state index in [0.29, 0.717) is 47.7 Å². The van der Waals surface area contributed by atoms with Crippen molar-refractivity contribution in [2.45, 2.75) is 12.6 Å². The molecule has 0 aliphatic heterocycles. The van der Waals surface area contributed by atoms with Gasteiger partial charge >= 0.3 is 6.18 Å². The number of carbonyl (C=O) groups excluding carboxylic acids is 1. The number of aromatic amines is 1. The van der Waals surface area contributed by atoms with Crippen molar-refractivity contribution in [1.29, 1.82) is 0 Å². The number of alkyl halides is 3. The molecule has 27 heavy (non-hydrogen) atoms. The molecule has 0 saturated carbocycles. The molecule has 2 heterocycles. The highest BCUT2D eigenvalue weighted by Gasteiger charge is 2.30. The molecule has 0 unspecified atom stereocenters. The lowest BCUT2D eigenvalue weighted by atomic mass is 10.1. The van der Waals surface area contributed by atoms with Crippen LogP contribution in [0.4, 0.5) is 13.2 Å². The first-order chi connectivity index (χ1) is 12.9. The number of rotatable bonds is 6. The molecule has 6 nitrogen and oxygen atoms in total. The van der Waals surface area contributed by atoms with Crippen LogP contribution >= 0.6 is 0 Å². The highest BCUT2D eigenvalue weighted by molar-refractivity contribution is 6.04. The molecular weight excluding hydrogens is 361 g/mol. The predicted molar refractivity (Wildman–Crippen MR) is 93.2 cm³/mol. The summed E-state index contributed by atoms with van der Waals surface area (Å²) in [4.78, 5) is 23.7. The van der Waals surface area contributed by atoms with Crippen molar-refractivity contribution in [3.05, 3.63) is 47.7 Å². The first-order valence-corrected chi connectivity index (χ1v) is 8.19. The van der Waals surface area contributed by atoms with Crippen LogP contribution in [0, 0.1) is 0 Å². The van der Waals surface area contributed by atoms with E-state index in [1.807, 2.05) is 0 Å². The van der Waals surface area contributed by atoms with Gasteiger partial charge in [-0.3, -0.25) is 4.79 Å². The molecule has 0 bridgehead atoms. The third-order valence-corrected chi connectivity index (χ3v) is 3.93. The highest BCUT2D eigenvalue weighted by atomic mass is 19.4. The summed E-state index contributed by atoms with van der Waals surface area (Å²) in [6, 6.07) is 6.18. The summed E-state index contributed by atoms with van der Waals surface area (Å²) < 4.78 is 43.0. The normalized spacial score (nSPS) is 11.7. The topological polar surface area (TPSA) is 79.9 Å². The van der Waals surface area contributed by atoms with Gasteiger partial charge in [-0.1, -0.05) is 12.1 Å². The molecule has 0 atom stereocenters. The molecule has 0 aliphatic rings. The van der Waals surface area contributed by atoms with Crippen LogP contribution in [0.2, 0.25) is 0 Å². The summed E-state index contributed by atoms with van der Waals surface area (Å²) in [5.41, 5.74) is 0.832. The fraction of sp³-hybridized carbons (Fsp3) is 0.278. The van der Waals surface area contributed by atoms with Crippen LogP contribution in [0.25, 0.3) is 22.6 Å². The Morgan fingerprint density at radius 3 is 2.63 bits per heavy atom. The van der Waals surface area contributed by atoms with Gasteiger partial charge in [-0.25, -0.2) is 9.97 Å². The highest BCUT2D eigenvalue weighted by Crippen LogP contribution is 2.31. The lowest BCUT2D eigenvalue weighted by molar-refractivity contribution is -0.137. The Balaban J connectivity index is 1.86. The molecule has 2 aromatic heterocycles. The van der Waals surface area contributed by atoms with Gasteiger partial charge in [-0.05, 0) is 24.6 Å². The van der Waals surface area contributed by atoms with Gasteiger partial charge in [0.25, 0.3) is 5.91 Å². The molecule has 0 fully saturated rings. The van der Waals surface area contributed by atoms with Crippen LogP contribution < -0.4 is 5.32 Å². The summed E-state index contributed by atoms with van der Waals surface area (Å²) >= 11 is 0. The molecule has 2 N–H and O–H groups in total. The summed E-state index contributed by atoms with van der Waals surface area (Å²) in [7, 11) is 1.58. The summed E-state index contributed by atoms with van der Waals surface area (Å²) in [5.74, 6) is 0.0481. The largest absolute Gasteiger partial charge is 0.416 e. The number of amides is 1. The second-order valence-electron chi connectivity index (χ2n) is 5.82. The Hall–Kier alpha value is -2.94. The third kappa shape index (κ3) is 4.25. The molecule has 1 aromatic carbocycles. The lowest BCUT2D eigenvalue weighted by Crippen LogP contribution is -2.25. The first kappa shape index (κ1) is 18.8. The lowest BCUT2D eigenvalue weighted by Gasteiger charge is -2.06. The number of fused-ring (bicyclic) bond motifs is 1. The van der Waals surface area contributed by atoms with Crippen LogP contribution in [0.1, 0.15) is 22.3 Å². The number of halogens is 3. The fourth-order valence-corrected chi connectivity index (χ4v) is 2.57. The SMILES string of the molecule is COCCCNC(=O)c1ccnc2nc(-c3ccc(C(F)(F)F)cc3)[nH]c12. The monoisotopic (exact) mass is 378 g/mol. The van der Waals surface area contributed by atoms with E-state index < -0.39 is 11.7 Å². The number of ether oxygens (including phenoxy) is 1. The summed E-state index contributed by atoms with van der Waals surface area (Å²) in [6.45, 7) is 0.991. The van der Waals surface area contributed by atoms with Gasteiger partial charge in [0.1, 0.15) is 5.82 Å². The van der Waals surface area contributed by atoms with Gasteiger partial charge in [0.05, 0.1) is 16.6 Å². The predicted octanol–water partition coefficient (Wildman–Crippen LogP) is 3.41. The number of hydrogen-bond acceptors (Lipinski definition) is 4. The second kappa shape index (κ2) is 7.75. The van der Waals surface area contributed by atoms with Gasteiger partial charge in [0.15, 0.2) is 5.65 Å². The van der Waals surface area contributed by atoms with Crippen molar-refractivity contribution < 1.29 is 22.7 Å². The van der Waals surface area contributed by atoms with Gasteiger partial charge < -0.3 is 15.0 Å². The number of H-pyrrole nitrogens is 1. The maximum absolute atomic E-state index is 12.7. The van der Waals surface area contributed by atoms with Crippen molar-refractivity contribution in [2.24, 2.45) is 0 Å². The second-order valence-corrected chi connectivity index (χ2v) is 5.82. The average Bonchev–Trinajstić information content (AvgIpc) is 3.08. The zero-order chi connectivity index (χ0) is 19.4. The van der Waals surface area contributed by atoms with E-state index in [4.69, 9.17) is 4.74 Å². The number of imidazole rings is 1. The number of nitrogens with zero attached hydrogens (tertiary/aromatic N) is 2. The molecular formula is C18H17F3N4O2. The smallest absolute Gasteiger partial charge is 0.385 e. The van der Waals surface area contributed by atoms with Gasteiger partial charge in [-0.15, -0.1) is 0 Å². The Morgan fingerprint density at radius 1 is 1.22 bits per heavy atom. The van der Waals surface area contributed by atoms with E-state index >= 15 is 0 Å². The van der Waals surface area contributed by atoms with E-state index in [-0.39, 0.29) is 5.91 Å². The zero-order valence-electron chi connectivity index (χ0n) is 14.4. The van der Waals surface area contributed by atoms with Crippen molar-refractivity contribution in [1.82, 2.24) is 20.3 Å². The Morgan fingerprint density at radius 2 is 1.96 bits per heavy atom. The maximum atomic E-state index is 12.7. The average molecular weight is 378 g/mol. The van der Waals surface area contributed by atoms with Crippen LogP contribution in [0.3, 0.4) is 0 Å². The van der Waals surface area contributed by atoms with Crippen molar-refractivity contribution in [3.8, 4) is 11.4 Å². The fourth-order valence-electron chi connectivity index (χ4n) is 2.57. The van der Waals surface area contributed by atoms with Gasteiger partial charge in [-0.2, -0.15) is 13.2 Å².